The summed E-state index contributed by atoms with van der Waals surface area (Å²) in [6.07, 6.45) is 1.63. The SMILES string of the molecule is CC(C)NC(=O)CN(C)c1cccnc1C(N)=S. The molecule has 1 rings (SSSR count). The number of nitrogens with two attached hydrogens (primary N) is 1. The van der Waals surface area contributed by atoms with Gasteiger partial charge in [-0.3, -0.25) is 9.78 Å². The van der Waals surface area contributed by atoms with Crippen LogP contribution in [0, 0.1) is 0 Å². The molecule has 0 saturated carbocycles. The molecule has 0 radical (unpaired) electrons. The van der Waals surface area contributed by atoms with Crippen LogP contribution in [0.15, 0.2) is 18.3 Å². The Morgan fingerprint density at radius 3 is 2.83 bits per heavy atom. The van der Waals surface area contributed by atoms with Crippen molar-refractivity contribution in [3.8, 4) is 0 Å². The summed E-state index contributed by atoms with van der Waals surface area (Å²) in [5.41, 5.74) is 6.89. The van der Waals surface area contributed by atoms with Gasteiger partial charge in [-0.05, 0) is 26.0 Å². The quantitative estimate of drug-likeness (QED) is 0.767. The first kappa shape index (κ1) is 14.4. The molecule has 3 N–H and O–H groups in total. The molecule has 0 aliphatic carbocycles. The fourth-order valence-electron chi connectivity index (χ4n) is 1.56. The van der Waals surface area contributed by atoms with Crippen molar-refractivity contribution in [2.75, 3.05) is 18.5 Å². The third-order valence-electron chi connectivity index (χ3n) is 2.26. The Bertz CT molecular complexity index is 447. The fourth-order valence-corrected chi connectivity index (χ4v) is 1.72. The minimum atomic E-state index is -0.0507. The van der Waals surface area contributed by atoms with E-state index in [-0.39, 0.29) is 23.5 Å². The average molecular weight is 266 g/mol. The molecule has 0 bridgehead atoms. The van der Waals surface area contributed by atoms with E-state index in [9.17, 15) is 4.79 Å². The van der Waals surface area contributed by atoms with Crippen molar-refractivity contribution >= 4 is 28.8 Å². The summed E-state index contributed by atoms with van der Waals surface area (Å²) in [6, 6.07) is 3.74. The van der Waals surface area contributed by atoms with Crippen LogP contribution in [0.4, 0.5) is 5.69 Å². The van der Waals surface area contributed by atoms with Crippen LogP contribution < -0.4 is 16.0 Å². The number of nitrogens with one attached hydrogen (secondary N) is 1. The zero-order valence-electron chi connectivity index (χ0n) is 10.8. The number of aromatic nitrogens is 1. The van der Waals surface area contributed by atoms with E-state index < -0.39 is 0 Å². The van der Waals surface area contributed by atoms with Gasteiger partial charge in [0.25, 0.3) is 0 Å². The van der Waals surface area contributed by atoms with Crippen molar-refractivity contribution in [3.63, 3.8) is 0 Å². The molecule has 98 valence electrons. The number of likely N-dealkylation sites (N-methyl/N-ethyl adjacent to an activating group) is 1. The van der Waals surface area contributed by atoms with Crippen molar-refractivity contribution < 1.29 is 4.79 Å². The normalized spacial score (nSPS) is 10.2. The summed E-state index contributed by atoms with van der Waals surface area (Å²) >= 11 is 4.94. The highest BCUT2D eigenvalue weighted by atomic mass is 32.1. The van der Waals surface area contributed by atoms with Crippen LogP contribution in [0.1, 0.15) is 19.5 Å². The molecular formula is C12H18N4OS. The van der Waals surface area contributed by atoms with Crippen LogP contribution >= 0.6 is 12.2 Å². The lowest BCUT2D eigenvalue weighted by Crippen LogP contribution is -2.39. The Morgan fingerprint density at radius 2 is 2.28 bits per heavy atom. The Hall–Kier alpha value is -1.69. The van der Waals surface area contributed by atoms with Crippen molar-refractivity contribution in [1.82, 2.24) is 10.3 Å². The maximum Gasteiger partial charge on any atom is 0.239 e. The van der Waals surface area contributed by atoms with Crippen LogP contribution in [-0.4, -0.2) is 35.5 Å². The lowest BCUT2D eigenvalue weighted by molar-refractivity contribution is -0.120. The monoisotopic (exact) mass is 266 g/mol. The predicted molar refractivity (Wildman–Crippen MR) is 76.7 cm³/mol. The van der Waals surface area contributed by atoms with Crippen LogP contribution in [0.25, 0.3) is 0 Å². The molecule has 1 heterocycles. The second-order valence-electron chi connectivity index (χ2n) is 4.31. The smallest absolute Gasteiger partial charge is 0.239 e. The molecule has 1 aromatic rings. The van der Waals surface area contributed by atoms with Gasteiger partial charge in [0.15, 0.2) is 0 Å². The van der Waals surface area contributed by atoms with Crippen LogP contribution in [0.5, 0.6) is 0 Å². The topological polar surface area (TPSA) is 71.2 Å². The Balaban J connectivity index is 2.81. The van der Waals surface area contributed by atoms with Crippen LogP contribution in [-0.2, 0) is 4.79 Å². The van der Waals surface area contributed by atoms with Gasteiger partial charge in [-0.25, -0.2) is 0 Å². The molecule has 0 spiro atoms. The first-order chi connectivity index (χ1) is 8.41. The van der Waals surface area contributed by atoms with Gasteiger partial charge in [-0.15, -0.1) is 0 Å². The van der Waals surface area contributed by atoms with E-state index in [0.717, 1.165) is 5.69 Å². The predicted octanol–water partition coefficient (Wildman–Crippen LogP) is 0.677. The summed E-state index contributed by atoms with van der Waals surface area (Å²) < 4.78 is 0. The standard InChI is InChI=1S/C12H18N4OS/c1-8(2)15-10(17)7-16(3)9-5-4-6-14-11(9)12(13)18/h4-6,8H,7H2,1-3H3,(H2,13,18)(H,15,17). The number of rotatable bonds is 5. The van der Waals surface area contributed by atoms with E-state index in [1.807, 2.05) is 19.9 Å². The molecule has 6 heteroatoms. The van der Waals surface area contributed by atoms with Crippen molar-refractivity contribution in [2.45, 2.75) is 19.9 Å². The third kappa shape index (κ3) is 3.96. The zero-order valence-corrected chi connectivity index (χ0v) is 11.6. The van der Waals surface area contributed by atoms with E-state index in [1.165, 1.54) is 0 Å². The average Bonchev–Trinajstić information content (AvgIpc) is 2.27. The zero-order chi connectivity index (χ0) is 13.7. The van der Waals surface area contributed by atoms with Crippen LogP contribution in [0.2, 0.25) is 0 Å². The molecule has 0 aromatic carbocycles. The molecule has 0 fully saturated rings. The molecule has 0 atom stereocenters. The maximum atomic E-state index is 11.7. The van der Waals surface area contributed by atoms with Crippen molar-refractivity contribution in [2.24, 2.45) is 5.73 Å². The first-order valence-electron chi connectivity index (χ1n) is 5.67. The van der Waals surface area contributed by atoms with Crippen molar-refractivity contribution in [1.29, 1.82) is 0 Å². The second kappa shape index (κ2) is 6.30. The molecule has 1 amide bonds. The van der Waals surface area contributed by atoms with Gasteiger partial charge in [0.05, 0.1) is 12.2 Å². The molecule has 0 aliphatic heterocycles. The number of hydrogen-bond acceptors (Lipinski definition) is 4. The van der Waals surface area contributed by atoms with Gasteiger partial charge in [0.2, 0.25) is 5.91 Å². The summed E-state index contributed by atoms with van der Waals surface area (Å²) in [5.74, 6) is -0.0507. The highest BCUT2D eigenvalue weighted by Gasteiger charge is 2.13. The van der Waals surface area contributed by atoms with Gasteiger partial charge in [0.1, 0.15) is 10.7 Å². The maximum absolute atomic E-state index is 11.7. The molecule has 0 unspecified atom stereocenters. The summed E-state index contributed by atoms with van der Waals surface area (Å²) in [7, 11) is 1.80. The number of pyridine rings is 1. The molecule has 0 saturated heterocycles. The summed E-state index contributed by atoms with van der Waals surface area (Å²) in [5, 5.41) is 2.83. The highest BCUT2D eigenvalue weighted by molar-refractivity contribution is 7.80. The molecule has 0 aliphatic rings. The van der Waals surface area contributed by atoms with Gasteiger partial charge in [0, 0.05) is 19.3 Å². The first-order valence-corrected chi connectivity index (χ1v) is 6.08. The van der Waals surface area contributed by atoms with Gasteiger partial charge in [-0.1, -0.05) is 12.2 Å². The minimum Gasteiger partial charge on any atom is -0.388 e. The third-order valence-corrected chi connectivity index (χ3v) is 2.45. The lowest BCUT2D eigenvalue weighted by Gasteiger charge is -2.21. The van der Waals surface area contributed by atoms with Gasteiger partial charge < -0.3 is 16.0 Å². The number of hydrogen-bond donors (Lipinski definition) is 2. The number of anilines is 1. The number of thiocarbonyl (C=S) groups is 1. The lowest BCUT2D eigenvalue weighted by atomic mass is 10.2. The number of carbonyl (C=O) groups excluding carboxylic acids is 1. The van der Waals surface area contributed by atoms with E-state index in [1.54, 1.807) is 24.2 Å². The summed E-state index contributed by atoms with van der Waals surface area (Å²) in [6.45, 7) is 4.07. The Morgan fingerprint density at radius 1 is 1.61 bits per heavy atom. The number of nitrogens with zero attached hydrogens (tertiary/aromatic N) is 2. The van der Waals surface area contributed by atoms with E-state index in [0.29, 0.717) is 5.69 Å². The van der Waals surface area contributed by atoms with E-state index in [4.69, 9.17) is 18.0 Å². The summed E-state index contributed by atoms with van der Waals surface area (Å²) in [4.78, 5) is 17.8. The van der Waals surface area contributed by atoms with Crippen LogP contribution in [0.3, 0.4) is 0 Å². The highest BCUT2D eigenvalue weighted by Crippen LogP contribution is 2.16. The molecule has 5 nitrogen and oxygen atoms in total. The van der Waals surface area contributed by atoms with Gasteiger partial charge >= 0.3 is 0 Å². The molecular weight excluding hydrogens is 248 g/mol. The molecule has 1 aromatic heterocycles. The Labute approximate surface area is 112 Å². The van der Waals surface area contributed by atoms with Gasteiger partial charge in [-0.2, -0.15) is 0 Å². The molecule has 18 heavy (non-hydrogen) atoms. The van der Waals surface area contributed by atoms with E-state index in [2.05, 4.69) is 10.3 Å². The fraction of sp³-hybridized carbons (Fsp3) is 0.417. The van der Waals surface area contributed by atoms with Crippen molar-refractivity contribution in [3.05, 3.63) is 24.0 Å². The minimum absolute atomic E-state index is 0.0507. The second-order valence-corrected chi connectivity index (χ2v) is 4.75. The van der Waals surface area contributed by atoms with E-state index >= 15 is 0 Å². The largest absolute Gasteiger partial charge is 0.388 e. The Kier molecular flexibility index (Phi) is 5.03. The number of amides is 1. The number of carbonyl (C=O) groups is 1.